The van der Waals surface area contributed by atoms with Crippen LogP contribution in [0.2, 0.25) is 0 Å². The van der Waals surface area contributed by atoms with E-state index < -0.39 is 0 Å². The molecule has 0 fully saturated rings. The SMILES string of the molecule is CCN(CC)CCCNC1CCc2ccc(C)cc21. The molecule has 0 amide bonds. The lowest BCUT2D eigenvalue weighted by atomic mass is 10.1. The molecule has 0 aliphatic heterocycles. The van der Waals surface area contributed by atoms with Crippen LogP contribution >= 0.6 is 0 Å². The van der Waals surface area contributed by atoms with Crippen molar-refractivity contribution in [1.29, 1.82) is 0 Å². The van der Waals surface area contributed by atoms with Crippen LogP contribution in [0.4, 0.5) is 0 Å². The van der Waals surface area contributed by atoms with Crippen molar-refractivity contribution in [1.82, 2.24) is 10.2 Å². The predicted octanol–water partition coefficient (Wildman–Crippen LogP) is 3.30. The number of nitrogens with zero attached hydrogens (tertiary/aromatic N) is 1. The maximum atomic E-state index is 3.74. The lowest BCUT2D eigenvalue weighted by Gasteiger charge is -2.19. The first kappa shape index (κ1) is 14.5. The van der Waals surface area contributed by atoms with Crippen molar-refractivity contribution in [2.45, 2.75) is 46.1 Å². The van der Waals surface area contributed by atoms with Crippen molar-refractivity contribution in [3.63, 3.8) is 0 Å². The van der Waals surface area contributed by atoms with Gasteiger partial charge >= 0.3 is 0 Å². The van der Waals surface area contributed by atoms with E-state index >= 15 is 0 Å². The van der Waals surface area contributed by atoms with Crippen LogP contribution in [-0.2, 0) is 6.42 Å². The molecule has 1 aliphatic carbocycles. The van der Waals surface area contributed by atoms with Crippen LogP contribution in [0.1, 0.15) is 49.4 Å². The summed E-state index contributed by atoms with van der Waals surface area (Å²) in [7, 11) is 0. The van der Waals surface area contributed by atoms with E-state index in [2.05, 4.69) is 49.2 Å². The van der Waals surface area contributed by atoms with E-state index in [1.54, 1.807) is 11.1 Å². The molecular formula is C17H28N2. The van der Waals surface area contributed by atoms with E-state index in [1.807, 2.05) is 0 Å². The van der Waals surface area contributed by atoms with Crippen molar-refractivity contribution in [3.05, 3.63) is 34.9 Å². The highest BCUT2D eigenvalue weighted by molar-refractivity contribution is 5.37. The maximum absolute atomic E-state index is 3.74. The minimum Gasteiger partial charge on any atom is -0.310 e. The van der Waals surface area contributed by atoms with Crippen molar-refractivity contribution < 1.29 is 0 Å². The summed E-state index contributed by atoms with van der Waals surface area (Å²) in [6, 6.07) is 7.50. The van der Waals surface area contributed by atoms with Crippen molar-refractivity contribution in [3.8, 4) is 0 Å². The normalized spacial score (nSPS) is 18.0. The zero-order valence-electron chi connectivity index (χ0n) is 12.7. The third kappa shape index (κ3) is 3.80. The zero-order chi connectivity index (χ0) is 13.7. The molecule has 1 unspecified atom stereocenters. The van der Waals surface area contributed by atoms with Gasteiger partial charge in [-0.05, 0) is 63.5 Å². The van der Waals surface area contributed by atoms with Gasteiger partial charge in [0.15, 0.2) is 0 Å². The van der Waals surface area contributed by atoms with Gasteiger partial charge in [0.2, 0.25) is 0 Å². The molecule has 1 aliphatic rings. The lowest BCUT2D eigenvalue weighted by Crippen LogP contribution is -2.28. The van der Waals surface area contributed by atoms with Gasteiger partial charge < -0.3 is 10.2 Å². The van der Waals surface area contributed by atoms with Gasteiger partial charge in [-0.2, -0.15) is 0 Å². The monoisotopic (exact) mass is 260 g/mol. The molecule has 0 heterocycles. The number of rotatable bonds is 7. The fraction of sp³-hybridized carbons (Fsp3) is 0.647. The Morgan fingerprint density at radius 1 is 1.26 bits per heavy atom. The van der Waals surface area contributed by atoms with E-state index in [1.165, 1.54) is 44.5 Å². The van der Waals surface area contributed by atoms with Gasteiger partial charge in [0.25, 0.3) is 0 Å². The molecule has 0 bridgehead atoms. The molecule has 2 nitrogen and oxygen atoms in total. The molecule has 0 radical (unpaired) electrons. The second-order valence-corrected chi connectivity index (χ2v) is 5.63. The Morgan fingerprint density at radius 3 is 2.79 bits per heavy atom. The Kier molecular flexibility index (Phi) is 5.41. The summed E-state index contributed by atoms with van der Waals surface area (Å²) in [4.78, 5) is 2.49. The quantitative estimate of drug-likeness (QED) is 0.757. The van der Waals surface area contributed by atoms with Crippen LogP contribution in [0.15, 0.2) is 18.2 Å². The summed E-state index contributed by atoms with van der Waals surface area (Å²) in [6.45, 7) is 11.4. The van der Waals surface area contributed by atoms with Gasteiger partial charge in [-0.15, -0.1) is 0 Å². The fourth-order valence-corrected chi connectivity index (χ4v) is 3.05. The Bertz CT molecular complexity index is 396. The highest BCUT2D eigenvalue weighted by Crippen LogP contribution is 2.31. The highest BCUT2D eigenvalue weighted by atomic mass is 15.1. The van der Waals surface area contributed by atoms with Gasteiger partial charge in [-0.1, -0.05) is 37.6 Å². The lowest BCUT2D eigenvalue weighted by molar-refractivity contribution is 0.295. The van der Waals surface area contributed by atoms with Crippen LogP contribution < -0.4 is 5.32 Å². The smallest absolute Gasteiger partial charge is 0.0326 e. The molecule has 0 saturated heterocycles. The van der Waals surface area contributed by atoms with E-state index in [0.717, 1.165) is 6.54 Å². The molecule has 1 aromatic carbocycles. The van der Waals surface area contributed by atoms with Gasteiger partial charge in [0.1, 0.15) is 0 Å². The second kappa shape index (κ2) is 7.06. The summed E-state index contributed by atoms with van der Waals surface area (Å²) >= 11 is 0. The molecular weight excluding hydrogens is 232 g/mol. The van der Waals surface area contributed by atoms with Gasteiger partial charge in [0.05, 0.1) is 0 Å². The third-order valence-corrected chi connectivity index (χ3v) is 4.32. The molecule has 106 valence electrons. The summed E-state index contributed by atoms with van der Waals surface area (Å²) in [5, 5.41) is 3.74. The zero-order valence-corrected chi connectivity index (χ0v) is 12.7. The Balaban J connectivity index is 1.78. The van der Waals surface area contributed by atoms with E-state index in [4.69, 9.17) is 0 Å². The number of aryl methyl sites for hydroxylation is 2. The highest BCUT2D eigenvalue weighted by Gasteiger charge is 2.21. The minimum atomic E-state index is 0.589. The molecule has 1 N–H and O–H groups in total. The van der Waals surface area contributed by atoms with E-state index in [9.17, 15) is 0 Å². The van der Waals surface area contributed by atoms with Crippen LogP contribution in [0.3, 0.4) is 0 Å². The molecule has 1 atom stereocenters. The Morgan fingerprint density at radius 2 is 2.05 bits per heavy atom. The van der Waals surface area contributed by atoms with Gasteiger partial charge in [-0.25, -0.2) is 0 Å². The van der Waals surface area contributed by atoms with Crippen molar-refractivity contribution in [2.75, 3.05) is 26.2 Å². The van der Waals surface area contributed by atoms with Crippen LogP contribution in [0.5, 0.6) is 0 Å². The molecule has 0 saturated carbocycles. The number of nitrogens with one attached hydrogen (secondary N) is 1. The fourth-order valence-electron chi connectivity index (χ4n) is 3.05. The number of fused-ring (bicyclic) bond motifs is 1. The van der Waals surface area contributed by atoms with Gasteiger partial charge in [-0.3, -0.25) is 0 Å². The van der Waals surface area contributed by atoms with Crippen LogP contribution in [0, 0.1) is 6.92 Å². The second-order valence-electron chi connectivity index (χ2n) is 5.63. The molecule has 2 heteroatoms. The molecule has 1 aromatic rings. The first-order chi connectivity index (χ1) is 9.24. The Hall–Kier alpha value is -0.860. The first-order valence-corrected chi connectivity index (χ1v) is 7.79. The van der Waals surface area contributed by atoms with Crippen LogP contribution in [-0.4, -0.2) is 31.1 Å². The van der Waals surface area contributed by atoms with Crippen molar-refractivity contribution in [2.24, 2.45) is 0 Å². The molecule has 19 heavy (non-hydrogen) atoms. The molecule has 0 spiro atoms. The summed E-state index contributed by atoms with van der Waals surface area (Å²) < 4.78 is 0. The van der Waals surface area contributed by atoms with Crippen LogP contribution in [0.25, 0.3) is 0 Å². The summed E-state index contributed by atoms with van der Waals surface area (Å²) in [5.41, 5.74) is 4.48. The van der Waals surface area contributed by atoms with E-state index in [-0.39, 0.29) is 0 Å². The van der Waals surface area contributed by atoms with E-state index in [0.29, 0.717) is 6.04 Å². The summed E-state index contributed by atoms with van der Waals surface area (Å²) in [6.07, 6.45) is 3.76. The third-order valence-electron chi connectivity index (χ3n) is 4.32. The predicted molar refractivity (Wildman–Crippen MR) is 82.6 cm³/mol. The number of hydrogen-bond donors (Lipinski definition) is 1. The summed E-state index contributed by atoms with van der Waals surface area (Å²) in [5.74, 6) is 0. The molecule has 0 aromatic heterocycles. The first-order valence-electron chi connectivity index (χ1n) is 7.79. The number of hydrogen-bond acceptors (Lipinski definition) is 2. The average Bonchev–Trinajstić information content (AvgIpc) is 2.81. The minimum absolute atomic E-state index is 0.589. The average molecular weight is 260 g/mol. The Labute approximate surface area is 118 Å². The standard InChI is InChI=1S/C17H28N2/c1-4-19(5-2)12-6-11-18-17-10-9-15-8-7-14(3)13-16(15)17/h7-8,13,17-18H,4-6,9-12H2,1-3H3. The largest absolute Gasteiger partial charge is 0.310 e. The maximum Gasteiger partial charge on any atom is 0.0326 e. The topological polar surface area (TPSA) is 15.3 Å². The molecule has 2 rings (SSSR count). The van der Waals surface area contributed by atoms with Crippen molar-refractivity contribution >= 4 is 0 Å². The van der Waals surface area contributed by atoms with Gasteiger partial charge in [0, 0.05) is 6.04 Å². The number of benzene rings is 1.